The summed E-state index contributed by atoms with van der Waals surface area (Å²) in [7, 11) is 0. The van der Waals surface area contributed by atoms with Gasteiger partial charge in [0.25, 0.3) is 0 Å². The quantitative estimate of drug-likeness (QED) is 0.751. The van der Waals surface area contributed by atoms with E-state index >= 15 is 0 Å². The van der Waals surface area contributed by atoms with Gasteiger partial charge in [-0.3, -0.25) is 0 Å². The van der Waals surface area contributed by atoms with E-state index in [1.165, 1.54) is 18.6 Å². The van der Waals surface area contributed by atoms with Crippen LogP contribution in [0, 0.1) is 0 Å². The van der Waals surface area contributed by atoms with E-state index in [2.05, 4.69) is 10.6 Å². The van der Waals surface area contributed by atoms with Gasteiger partial charge in [-0.1, -0.05) is 0 Å². The number of hydrogen-bond acceptors (Lipinski definition) is 3. The van der Waals surface area contributed by atoms with Crippen LogP contribution in [0.4, 0.5) is 4.39 Å². The van der Waals surface area contributed by atoms with E-state index in [9.17, 15) is 4.39 Å². The molecule has 14 heavy (non-hydrogen) atoms. The monoisotopic (exact) mass is 218 g/mol. The highest BCUT2D eigenvalue weighted by atomic mass is 32.2. The summed E-state index contributed by atoms with van der Waals surface area (Å²) in [6.45, 7) is 2.03. The molecule has 0 bridgehead atoms. The Morgan fingerprint density at radius 1 is 1.50 bits per heavy atom. The van der Waals surface area contributed by atoms with Gasteiger partial charge in [0.05, 0.1) is 5.37 Å². The highest BCUT2D eigenvalue weighted by Gasteiger charge is 2.32. The van der Waals surface area contributed by atoms with E-state index < -0.39 is 5.67 Å². The van der Waals surface area contributed by atoms with Crippen LogP contribution in [-0.4, -0.2) is 36.4 Å². The van der Waals surface area contributed by atoms with Crippen molar-refractivity contribution in [2.75, 3.05) is 25.4 Å². The second-order valence-corrected chi connectivity index (χ2v) is 5.62. The van der Waals surface area contributed by atoms with E-state index in [1.54, 1.807) is 0 Å². The van der Waals surface area contributed by atoms with Gasteiger partial charge in [-0.2, -0.15) is 0 Å². The van der Waals surface area contributed by atoms with Crippen molar-refractivity contribution in [3.63, 3.8) is 0 Å². The first-order valence-electron chi connectivity index (χ1n) is 5.53. The summed E-state index contributed by atoms with van der Waals surface area (Å²) in [6, 6.07) is 0. The van der Waals surface area contributed by atoms with Gasteiger partial charge in [-0.05, 0) is 38.0 Å². The van der Waals surface area contributed by atoms with Crippen LogP contribution in [0.2, 0.25) is 0 Å². The van der Waals surface area contributed by atoms with E-state index in [-0.39, 0.29) is 0 Å². The van der Waals surface area contributed by atoms with Gasteiger partial charge in [0.1, 0.15) is 5.67 Å². The van der Waals surface area contributed by atoms with E-state index in [0.717, 1.165) is 13.0 Å². The Hall–Kier alpha value is 0.200. The van der Waals surface area contributed by atoms with Crippen LogP contribution in [0.1, 0.15) is 25.7 Å². The second kappa shape index (κ2) is 4.81. The van der Waals surface area contributed by atoms with E-state index in [0.29, 0.717) is 24.9 Å². The summed E-state index contributed by atoms with van der Waals surface area (Å²) >= 11 is 1.93. The summed E-state index contributed by atoms with van der Waals surface area (Å²) in [5, 5.41) is 6.97. The average Bonchev–Trinajstić information content (AvgIpc) is 2.69. The maximum Gasteiger partial charge on any atom is 0.135 e. The molecule has 4 heteroatoms. The molecule has 0 aromatic heterocycles. The largest absolute Gasteiger partial charge is 0.313 e. The molecule has 2 nitrogen and oxygen atoms in total. The highest BCUT2D eigenvalue weighted by Crippen LogP contribution is 2.26. The number of thioether (sulfide) groups is 1. The molecule has 0 aliphatic carbocycles. The topological polar surface area (TPSA) is 24.1 Å². The normalized spacial score (nSPS) is 38.8. The van der Waals surface area contributed by atoms with Crippen LogP contribution in [-0.2, 0) is 0 Å². The fourth-order valence-corrected chi connectivity index (χ4v) is 3.27. The Labute approximate surface area is 89.4 Å². The van der Waals surface area contributed by atoms with Crippen molar-refractivity contribution in [1.82, 2.24) is 10.6 Å². The molecular weight excluding hydrogens is 199 g/mol. The zero-order valence-electron chi connectivity index (χ0n) is 8.52. The molecule has 82 valence electrons. The smallest absolute Gasteiger partial charge is 0.135 e. The van der Waals surface area contributed by atoms with Crippen molar-refractivity contribution >= 4 is 11.8 Å². The zero-order valence-corrected chi connectivity index (χ0v) is 9.34. The van der Waals surface area contributed by atoms with Crippen LogP contribution in [0.3, 0.4) is 0 Å². The number of piperidine rings is 1. The van der Waals surface area contributed by atoms with Crippen LogP contribution in [0.15, 0.2) is 0 Å². The van der Waals surface area contributed by atoms with Crippen LogP contribution < -0.4 is 10.6 Å². The van der Waals surface area contributed by atoms with Gasteiger partial charge in [-0.15, -0.1) is 11.8 Å². The number of halogens is 1. The molecule has 2 N–H and O–H groups in total. The van der Waals surface area contributed by atoms with Crippen molar-refractivity contribution in [3.05, 3.63) is 0 Å². The molecule has 2 unspecified atom stereocenters. The highest BCUT2D eigenvalue weighted by molar-refractivity contribution is 8.00. The summed E-state index contributed by atoms with van der Waals surface area (Å²) in [5.74, 6) is 1.23. The molecule has 0 aromatic carbocycles. The van der Waals surface area contributed by atoms with Crippen molar-refractivity contribution in [2.45, 2.75) is 36.7 Å². The number of nitrogens with one attached hydrogen (secondary N) is 2. The Morgan fingerprint density at radius 3 is 3.07 bits per heavy atom. The van der Waals surface area contributed by atoms with Crippen molar-refractivity contribution in [2.24, 2.45) is 0 Å². The number of alkyl halides is 1. The first-order valence-corrected chi connectivity index (χ1v) is 6.58. The fraction of sp³-hybridized carbons (Fsp3) is 1.00. The molecule has 2 fully saturated rings. The first kappa shape index (κ1) is 10.7. The molecule has 2 saturated heterocycles. The van der Waals surface area contributed by atoms with Crippen molar-refractivity contribution < 1.29 is 4.39 Å². The summed E-state index contributed by atoms with van der Waals surface area (Å²) in [4.78, 5) is 0. The average molecular weight is 218 g/mol. The molecule has 2 heterocycles. The molecule has 2 rings (SSSR count). The Bertz CT molecular complexity index is 177. The Kier molecular flexibility index (Phi) is 3.68. The minimum absolute atomic E-state index is 0.504. The lowest BCUT2D eigenvalue weighted by molar-refractivity contribution is 0.119. The molecule has 0 spiro atoms. The summed E-state index contributed by atoms with van der Waals surface area (Å²) < 4.78 is 14.1. The number of hydrogen-bond donors (Lipinski definition) is 2. The van der Waals surface area contributed by atoms with Crippen LogP contribution in [0.25, 0.3) is 0 Å². The van der Waals surface area contributed by atoms with Gasteiger partial charge < -0.3 is 10.6 Å². The molecular formula is C10H19FN2S. The molecule has 2 aliphatic rings. The molecule has 0 saturated carbocycles. The standard InChI is InChI=1S/C10H19FN2S/c11-10(4-2-5-12-7-10)8-13-9-3-1-6-14-9/h9,12-13H,1-8H2. The molecule has 2 aliphatic heterocycles. The van der Waals surface area contributed by atoms with Gasteiger partial charge in [-0.25, -0.2) is 4.39 Å². The predicted molar refractivity (Wildman–Crippen MR) is 59.4 cm³/mol. The minimum atomic E-state index is -0.999. The van der Waals surface area contributed by atoms with Crippen molar-refractivity contribution in [1.29, 1.82) is 0 Å². The third-order valence-corrected chi connectivity index (χ3v) is 4.33. The Balaban J connectivity index is 1.72. The van der Waals surface area contributed by atoms with E-state index in [4.69, 9.17) is 0 Å². The van der Waals surface area contributed by atoms with Crippen molar-refractivity contribution in [3.8, 4) is 0 Å². The molecule has 0 aromatic rings. The summed E-state index contributed by atoms with van der Waals surface area (Å²) in [5.41, 5.74) is -0.999. The molecule has 0 radical (unpaired) electrons. The molecule has 2 atom stereocenters. The third kappa shape index (κ3) is 2.84. The van der Waals surface area contributed by atoms with Crippen LogP contribution >= 0.6 is 11.8 Å². The summed E-state index contributed by atoms with van der Waals surface area (Å²) in [6.07, 6.45) is 4.16. The molecule has 0 amide bonds. The number of rotatable bonds is 3. The lowest BCUT2D eigenvalue weighted by Crippen LogP contribution is -2.49. The lowest BCUT2D eigenvalue weighted by Gasteiger charge is -2.31. The van der Waals surface area contributed by atoms with Crippen LogP contribution in [0.5, 0.6) is 0 Å². The van der Waals surface area contributed by atoms with E-state index in [1.807, 2.05) is 11.8 Å². The predicted octanol–water partition coefficient (Wildman–Crippen LogP) is 1.52. The maximum absolute atomic E-state index is 14.1. The van der Waals surface area contributed by atoms with Gasteiger partial charge in [0, 0.05) is 13.1 Å². The lowest BCUT2D eigenvalue weighted by atomic mass is 9.96. The third-order valence-electron chi connectivity index (χ3n) is 3.00. The van der Waals surface area contributed by atoms with Gasteiger partial charge in [0.15, 0.2) is 0 Å². The Morgan fingerprint density at radius 2 is 2.43 bits per heavy atom. The maximum atomic E-state index is 14.1. The second-order valence-electron chi connectivity index (χ2n) is 4.31. The SMILES string of the molecule is FC1(CNC2CCCS2)CCCNC1. The fourth-order valence-electron chi connectivity index (χ4n) is 2.12. The first-order chi connectivity index (χ1) is 6.79. The minimum Gasteiger partial charge on any atom is -0.313 e. The van der Waals surface area contributed by atoms with Gasteiger partial charge in [0.2, 0.25) is 0 Å². The van der Waals surface area contributed by atoms with Gasteiger partial charge >= 0.3 is 0 Å². The zero-order chi connectivity index (χ0) is 9.86.